The molecule has 0 atom stereocenters. The monoisotopic (exact) mass is 503 g/mol. The molecule has 4 rings (SSSR count). The van der Waals surface area contributed by atoms with Crippen molar-refractivity contribution in [3.63, 3.8) is 0 Å². The van der Waals surface area contributed by atoms with Gasteiger partial charge >= 0.3 is 0 Å². The van der Waals surface area contributed by atoms with E-state index in [1.165, 1.54) is 4.90 Å². The number of nitrogens with zero attached hydrogens (tertiary/aromatic N) is 3. The summed E-state index contributed by atoms with van der Waals surface area (Å²) in [5.41, 5.74) is 1.75. The van der Waals surface area contributed by atoms with E-state index < -0.39 is 0 Å². The zero-order chi connectivity index (χ0) is 22.3. The lowest BCUT2D eigenvalue weighted by molar-refractivity contribution is -0.133. The molecule has 31 heavy (non-hydrogen) atoms. The van der Waals surface area contributed by atoms with E-state index in [9.17, 15) is 14.4 Å². The largest absolute Gasteiger partial charge is 0.341 e. The molecule has 6 nitrogen and oxygen atoms in total. The molecule has 0 unspecified atom stereocenters. The molecular formula is C23H26BrN3O3S. The fraction of sp³-hybridized carbons (Fsp3) is 0.435. The van der Waals surface area contributed by atoms with E-state index in [1.54, 1.807) is 6.08 Å². The third-order valence-corrected chi connectivity index (χ3v) is 7.32. The van der Waals surface area contributed by atoms with Crippen LogP contribution in [0.1, 0.15) is 39.2 Å². The average molecular weight is 504 g/mol. The number of fused-ring (bicyclic) bond motifs is 1. The molecule has 2 aliphatic heterocycles. The van der Waals surface area contributed by atoms with Gasteiger partial charge in [0.25, 0.3) is 11.1 Å². The summed E-state index contributed by atoms with van der Waals surface area (Å²) in [5, 5.41) is 0.691. The van der Waals surface area contributed by atoms with E-state index >= 15 is 0 Å². The molecule has 0 N–H and O–H groups in total. The molecule has 0 radical (unpaired) electrons. The number of imide groups is 1. The standard InChI is InChI=1S/C23H26BrN3O3S/c1-14(2)27-22(29)20(31-23(27)30)10-16-12-26(19-5-4-17(24)11-18(16)19)13-21(28)25-8-6-15(3)7-9-25/h4-5,10-12,14-15H,6-9,13H2,1-3H3/b20-10-. The van der Waals surface area contributed by atoms with Crippen LogP contribution in [0, 0.1) is 5.92 Å². The van der Waals surface area contributed by atoms with E-state index in [0.717, 1.165) is 58.6 Å². The Morgan fingerprint density at radius 1 is 1.26 bits per heavy atom. The minimum atomic E-state index is -0.264. The highest BCUT2D eigenvalue weighted by molar-refractivity contribution is 9.10. The fourth-order valence-electron chi connectivity index (χ4n) is 4.11. The van der Waals surface area contributed by atoms with Gasteiger partial charge < -0.3 is 9.47 Å². The number of aromatic nitrogens is 1. The van der Waals surface area contributed by atoms with E-state index in [4.69, 9.17) is 0 Å². The van der Waals surface area contributed by atoms with Crippen molar-refractivity contribution in [2.24, 2.45) is 5.92 Å². The van der Waals surface area contributed by atoms with Crippen molar-refractivity contribution in [2.75, 3.05) is 13.1 Å². The van der Waals surface area contributed by atoms with Crippen molar-refractivity contribution in [3.05, 3.63) is 39.3 Å². The Morgan fingerprint density at radius 2 is 1.97 bits per heavy atom. The Hall–Kier alpha value is -2.06. The summed E-state index contributed by atoms with van der Waals surface area (Å²) in [6.45, 7) is 7.75. The maximum atomic E-state index is 12.9. The van der Waals surface area contributed by atoms with Gasteiger partial charge in [0, 0.05) is 46.3 Å². The topological polar surface area (TPSA) is 62.6 Å². The van der Waals surface area contributed by atoms with Crippen LogP contribution >= 0.6 is 27.7 Å². The normalized spacial score (nSPS) is 19.5. The molecule has 2 aliphatic rings. The molecule has 3 amide bonds. The van der Waals surface area contributed by atoms with Gasteiger partial charge in [-0.05, 0) is 68.6 Å². The SMILES string of the molecule is CC1CCN(C(=O)Cn2cc(/C=C3\SC(=O)N(C(C)C)C3=O)c3cc(Br)ccc32)CC1. The Labute approximate surface area is 194 Å². The van der Waals surface area contributed by atoms with Crippen LogP contribution in [0.25, 0.3) is 17.0 Å². The third kappa shape index (κ3) is 4.46. The van der Waals surface area contributed by atoms with Gasteiger partial charge in [0.15, 0.2) is 0 Å². The smallest absolute Gasteiger partial charge is 0.293 e. The van der Waals surface area contributed by atoms with Gasteiger partial charge in [-0.3, -0.25) is 19.3 Å². The minimum absolute atomic E-state index is 0.110. The van der Waals surface area contributed by atoms with Crippen LogP contribution in [0.2, 0.25) is 0 Å². The molecule has 0 bridgehead atoms. The number of thioether (sulfide) groups is 1. The summed E-state index contributed by atoms with van der Waals surface area (Å²) in [5.74, 6) is 0.513. The third-order valence-electron chi connectivity index (χ3n) is 5.94. The summed E-state index contributed by atoms with van der Waals surface area (Å²) in [4.78, 5) is 41.5. The molecule has 2 fully saturated rings. The van der Waals surface area contributed by atoms with Gasteiger partial charge in [0.2, 0.25) is 5.91 Å². The second-order valence-corrected chi connectivity index (χ2v) is 10.5. The van der Waals surface area contributed by atoms with E-state index in [0.29, 0.717) is 10.8 Å². The summed E-state index contributed by atoms with van der Waals surface area (Å²) in [7, 11) is 0. The molecule has 0 aliphatic carbocycles. The Morgan fingerprint density at radius 3 is 2.61 bits per heavy atom. The van der Waals surface area contributed by atoms with Gasteiger partial charge in [0.05, 0.1) is 4.91 Å². The lowest BCUT2D eigenvalue weighted by Gasteiger charge is -2.30. The van der Waals surface area contributed by atoms with Crippen LogP contribution in [0.15, 0.2) is 33.8 Å². The number of likely N-dealkylation sites (tertiary alicyclic amines) is 1. The molecule has 164 valence electrons. The first-order valence-corrected chi connectivity index (χ1v) is 12.2. The van der Waals surface area contributed by atoms with Crippen molar-refractivity contribution in [3.8, 4) is 0 Å². The number of amides is 3. The van der Waals surface area contributed by atoms with Crippen LogP contribution in [0.5, 0.6) is 0 Å². The van der Waals surface area contributed by atoms with Crippen molar-refractivity contribution in [2.45, 2.75) is 46.2 Å². The molecule has 3 heterocycles. The highest BCUT2D eigenvalue weighted by atomic mass is 79.9. The Kier molecular flexibility index (Phi) is 6.30. The predicted octanol–water partition coefficient (Wildman–Crippen LogP) is 5.11. The first-order valence-electron chi connectivity index (χ1n) is 10.6. The number of carbonyl (C=O) groups is 3. The van der Waals surface area contributed by atoms with Crippen molar-refractivity contribution in [1.82, 2.24) is 14.4 Å². The Bertz CT molecular complexity index is 1080. The van der Waals surface area contributed by atoms with Crippen molar-refractivity contribution in [1.29, 1.82) is 0 Å². The summed E-state index contributed by atoms with van der Waals surface area (Å²) < 4.78 is 2.86. The zero-order valence-electron chi connectivity index (χ0n) is 17.9. The van der Waals surface area contributed by atoms with Crippen LogP contribution < -0.4 is 0 Å². The van der Waals surface area contributed by atoms with E-state index in [1.807, 2.05) is 47.7 Å². The van der Waals surface area contributed by atoms with Gasteiger partial charge in [-0.25, -0.2) is 0 Å². The first-order chi connectivity index (χ1) is 14.7. The molecule has 8 heteroatoms. The number of rotatable bonds is 4. The van der Waals surface area contributed by atoms with Crippen LogP contribution in [0.4, 0.5) is 4.79 Å². The molecule has 0 saturated carbocycles. The summed E-state index contributed by atoms with van der Waals surface area (Å²) >= 11 is 4.48. The van der Waals surface area contributed by atoms with Crippen LogP contribution in [-0.4, -0.2) is 50.6 Å². The van der Waals surface area contributed by atoms with E-state index in [2.05, 4.69) is 22.9 Å². The number of hydrogen-bond donors (Lipinski definition) is 0. The molecule has 2 aromatic rings. The molecule has 1 aromatic carbocycles. The summed E-state index contributed by atoms with van der Waals surface area (Å²) in [6.07, 6.45) is 5.76. The zero-order valence-corrected chi connectivity index (χ0v) is 20.3. The van der Waals surface area contributed by atoms with Crippen LogP contribution in [-0.2, 0) is 16.1 Å². The van der Waals surface area contributed by atoms with Gasteiger partial charge in [-0.2, -0.15) is 0 Å². The number of piperidine rings is 1. The van der Waals surface area contributed by atoms with E-state index in [-0.39, 0.29) is 29.6 Å². The summed E-state index contributed by atoms with van der Waals surface area (Å²) in [6, 6.07) is 5.72. The number of benzene rings is 1. The fourth-order valence-corrected chi connectivity index (χ4v) is 5.43. The first kappa shape index (κ1) is 22.1. The second-order valence-electron chi connectivity index (χ2n) is 8.58. The number of halogens is 1. The molecule has 2 saturated heterocycles. The average Bonchev–Trinajstić information content (AvgIpc) is 3.18. The Balaban J connectivity index is 1.66. The highest BCUT2D eigenvalue weighted by Crippen LogP contribution is 2.35. The minimum Gasteiger partial charge on any atom is -0.341 e. The molecule has 1 aromatic heterocycles. The second kappa shape index (κ2) is 8.82. The molecular weight excluding hydrogens is 478 g/mol. The maximum absolute atomic E-state index is 12.9. The highest BCUT2D eigenvalue weighted by Gasteiger charge is 2.36. The van der Waals surface area contributed by atoms with Crippen LogP contribution in [0.3, 0.4) is 0 Å². The van der Waals surface area contributed by atoms with Gasteiger partial charge in [-0.15, -0.1) is 0 Å². The van der Waals surface area contributed by atoms with Gasteiger partial charge in [-0.1, -0.05) is 22.9 Å². The predicted molar refractivity (Wildman–Crippen MR) is 128 cm³/mol. The molecule has 0 spiro atoms. The number of carbonyl (C=O) groups excluding carboxylic acids is 3. The van der Waals surface area contributed by atoms with Crippen molar-refractivity contribution < 1.29 is 14.4 Å². The van der Waals surface area contributed by atoms with Crippen molar-refractivity contribution >= 4 is 61.7 Å². The quantitative estimate of drug-likeness (QED) is 0.544. The number of hydrogen-bond acceptors (Lipinski definition) is 4. The maximum Gasteiger partial charge on any atom is 0.293 e. The lowest BCUT2D eigenvalue weighted by atomic mass is 9.99. The lowest BCUT2D eigenvalue weighted by Crippen LogP contribution is -2.39. The van der Waals surface area contributed by atoms with Gasteiger partial charge in [0.1, 0.15) is 6.54 Å².